The normalized spacial score (nSPS) is 10.5. The molecule has 0 saturated heterocycles. The number of hydrogen-bond donors (Lipinski definition) is 0. The molecule has 0 aliphatic rings. The molecule has 0 N–H and O–H groups in total. The zero-order valence-corrected chi connectivity index (χ0v) is 10.1. The number of hydrogen-bond acceptors (Lipinski definition) is 3. The number of halogens is 1. The van der Waals surface area contributed by atoms with Gasteiger partial charge in [0.05, 0.1) is 11.9 Å². The maximum Gasteiger partial charge on any atom is 0.229 e. The fraction of sp³-hybridized carbons (Fsp3) is 0. The summed E-state index contributed by atoms with van der Waals surface area (Å²) in [5.74, 6) is 0.702. The summed E-state index contributed by atoms with van der Waals surface area (Å²) in [6.45, 7) is 0. The van der Waals surface area contributed by atoms with E-state index in [1.807, 2.05) is 42.5 Å². The highest BCUT2D eigenvalue weighted by atomic mass is 35.5. The summed E-state index contributed by atoms with van der Waals surface area (Å²) < 4.78 is 1.77. The number of benzene rings is 1. The SMILES string of the molecule is Clc1nnc(-c2ccccc2)n1-c1cccnc1. The van der Waals surface area contributed by atoms with Crippen LogP contribution in [-0.2, 0) is 0 Å². The molecule has 0 spiro atoms. The molecular weight excluding hydrogens is 248 g/mol. The van der Waals surface area contributed by atoms with Crippen molar-refractivity contribution in [2.24, 2.45) is 0 Å². The van der Waals surface area contributed by atoms with Gasteiger partial charge in [0.25, 0.3) is 0 Å². The van der Waals surface area contributed by atoms with Gasteiger partial charge in [-0.05, 0) is 23.7 Å². The van der Waals surface area contributed by atoms with Crippen molar-refractivity contribution in [2.45, 2.75) is 0 Å². The molecule has 3 aromatic rings. The number of pyridine rings is 1. The molecule has 2 heterocycles. The van der Waals surface area contributed by atoms with E-state index in [0.29, 0.717) is 11.1 Å². The molecule has 4 nitrogen and oxygen atoms in total. The van der Waals surface area contributed by atoms with Crippen LogP contribution in [0.25, 0.3) is 17.1 Å². The minimum atomic E-state index is 0.321. The topological polar surface area (TPSA) is 43.6 Å². The molecule has 0 radical (unpaired) electrons. The lowest BCUT2D eigenvalue weighted by atomic mass is 10.2. The van der Waals surface area contributed by atoms with Gasteiger partial charge in [0, 0.05) is 11.8 Å². The Morgan fingerprint density at radius 2 is 1.78 bits per heavy atom. The van der Waals surface area contributed by atoms with Gasteiger partial charge >= 0.3 is 0 Å². The summed E-state index contributed by atoms with van der Waals surface area (Å²) in [7, 11) is 0. The highest BCUT2D eigenvalue weighted by Gasteiger charge is 2.13. The molecule has 0 saturated carbocycles. The van der Waals surface area contributed by atoms with Gasteiger partial charge in [0.15, 0.2) is 5.82 Å². The van der Waals surface area contributed by atoms with Crippen molar-refractivity contribution in [3.8, 4) is 17.1 Å². The summed E-state index contributed by atoms with van der Waals surface area (Å²) in [4.78, 5) is 4.08. The van der Waals surface area contributed by atoms with E-state index in [1.54, 1.807) is 17.0 Å². The summed E-state index contributed by atoms with van der Waals surface area (Å²) in [6, 6.07) is 13.5. The quantitative estimate of drug-likeness (QED) is 0.708. The fourth-order valence-corrected chi connectivity index (χ4v) is 1.97. The molecule has 0 unspecified atom stereocenters. The minimum absolute atomic E-state index is 0.321. The fourth-order valence-electron chi connectivity index (χ4n) is 1.75. The lowest BCUT2D eigenvalue weighted by Gasteiger charge is -2.06. The average Bonchev–Trinajstić information content (AvgIpc) is 2.83. The molecule has 88 valence electrons. The van der Waals surface area contributed by atoms with Crippen LogP contribution < -0.4 is 0 Å². The molecule has 0 bridgehead atoms. The summed E-state index contributed by atoms with van der Waals surface area (Å²) in [5, 5.41) is 8.36. The second kappa shape index (κ2) is 4.58. The van der Waals surface area contributed by atoms with Crippen molar-refractivity contribution in [3.05, 3.63) is 60.1 Å². The molecule has 0 atom stereocenters. The van der Waals surface area contributed by atoms with Crippen LogP contribution in [-0.4, -0.2) is 19.7 Å². The van der Waals surface area contributed by atoms with Gasteiger partial charge in [-0.1, -0.05) is 30.3 Å². The molecule has 0 fully saturated rings. The third kappa shape index (κ3) is 1.87. The van der Waals surface area contributed by atoms with Crippen molar-refractivity contribution in [1.29, 1.82) is 0 Å². The third-order valence-corrected chi connectivity index (χ3v) is 2.80. The Kier molecular flexibility index (Phi) is 2.78. The first-order valence-corrected chi connectivity index (χ1v) is 5.81. The monoisotopic (exact) mass is 256 g/mol. The molecule has 0 aliphatic carbocycles. The molecule has 0 aliphatic heterocycles. The maximum absolute atomic E-state index is 6.09. The van der Waals surface area contributed by atoms with Crippen LogP contribution in [0, 0.1) is 0 Å². The van der Waals surface area contributed by atoms with Crippen LogP contribution in [0.5, 0.6) is 0 Å². The minimum Gasteiger partial charge on any atom is -0.264 e. The van der Waals surface area contributed by atoms with Gasteiger partial charge in [-0.25, -0.2) is 0 Å². The lowest BCUT2D eigenvalue weighted by Crippen LogP contribution is -1.98. The van der Waals surface area contributed by atoms with Crippen LogP contribution in [0.2, 0.25) is 5.28 Å². The molecule has 1 aromatic carbocycles. The molecule has 2 aromatic heterocycles. The highest BCUT2D eigenvalue weighted by Crippen LogP contribution is 2.24. The van der Waals surface area contributed by atoms with Crippen molar-refractivity contribution in [3.63, 3.8) is 0 Å². The zero-order chi connectivity index (χ0) is 12.4. The zero-order valence-electron chi connectivity index (χ0n) is 9.36. The average molecular weight is 257 g/mol. The molecule has 0 amide bonds. The van der Waals surface area contributed by atoms with Gasteiger partial charge in [-0.15, -0.1) is 10.2 Å². The van der Waals surface area contributed by atoms with Crippen molar-refractivity contribution < 1.29 is 0 Å². The molecule has 5 heteroatoms. The van der Waals surface area contributed by atoms with E-state index in [1.165, 1.54) is 0 Å². The Morgan fingerprint density at radius 1 is 0.944 bits per heavy atom. The summed E-state index contributed by atoms with van der Waals surface area (Å²) >= 11 is 6.09. The van der Waals surface area contributed by atoms with E-state index in [4.69, 9.17) is 11.6 Å². The van der Waals surface area contributed by atoms with Gasteiger partial charge in [0.2, 0.25) is 5.28 Å². The van der Waals surface area contributed by atoms with Crippen LogP contribution in [0.15, 0.2) is 54.9 Å². The first-order valence-electron chi connectivity index (χ1n) is 5.43. The first-order chi connectivity index (χ1) is 8.86. The molecule has 18 heavy (non-hydrogen) atoms. The van der Waals surface area contributed by atoms with Crippen molar-refractivity contribution in [2.75, 3.05) is 0 Å². The van der Waals surface area contributed by atoms with E-state index < -0.39 is 0 Å². The van der Waals surface area contributed by atoms with Gasteiger partial charge < -0.3 is 0 Å². The predicted octanol–water partition coefficient (Wildman–Crippen LogP) is 2.98. The Balaban J connectivity index is 2.19. The van der Waals surface area contributed by atoms with E-state index >= 15 is 0 Å². The van der Waals surface area contributed by atoms with E-state index in [-0.39, 0.29) is 0 Å². The Bertz CT molecular complexity index is 649. The Labute approximate surface area is 109 Å². The second-order valence-corrected chi connectivity index (χ2v) is 4.04. The standard InChI is InChI=1S/C13H9ClN4/c14-13-17-16-12(10-5-2-1-3-6-10)18(13)11-7-4-8-15-9-11/h1-9H. The van der Waals surface area contributed by atoms with Crippen molar-refractivity contribution in [1.82, 2.24) is 19.7 Å². The highest BCUT2D eigenvalue weighted by molar-refractivity contribution is 6.28. The number of rotatable bonds is 2. The van der Waals surface area contributed by atoms with Crippen LogP contribution in [0.4, 0.5) is 0 Å². The number of aromatic nitrogens is 4. The van der Waals surface area contributed by atoms with Gasteiger partial charge in [-0.3, -0.25) is 9.55 Å². The predicted molar refractivity (Wildman–Crippen MR) is 69.6 cm³/mol. The van der Waals surface area contributed by atoms with E-state index in [0.717, 1.165) is 11.3 Å². The third-order valence-electron chi connectivity index (χ3n) is 2.56. The van der Waals surface area contributed by atoms with Crippen LogP contribution in [0.1, 0.15) is 0 Å². The maximum atomic E-state index is 6.09. The molecular formula is C13H9ClN4. The summed E-state index contributed by atoms with van der Waals surface area (Å²) in [5.41, 5.74) is 1.80. The second-order valence-electron chi connectivity index (χ2n) is 3.71. The van der Waals surface area contributed by atoms with Gasteiger partial charge in [0.1, 0.15) is 0 Å². The largest absolute Gasteiger partial charge is 0.264 e. The van der Waals surface area contributed by atoms with Crippen LogP contribution in [0.3, 0.4) is 0 Å². The Morgan fingerprint density at radius 3 is 2.50 bits per heavy atom. The van der Waals surface area contributed by atoms with Gasteiger partial charge in [-0.2, -0.15) is 0 Å². The van der Waals surface area contributed by atoms with E-state index in [2.05, 4.69) is 15.2 Å². The number of nitrogens with zero attached hydrogens (tertiary/aromatic N) is 4. The van der Waals surface area contributed by atoms with E-state index in [9.17, 15) is 0 Å². The van der Waals surface area contributed by atoms with Crippen LogP contribution >= 0.6 is 11.6 Å². The first kappa shape index (κ1) is 10.9. The lowest BCUT2D eigenvalue weighted by molar-refractivity contribution is 1.05. The smallest absolute Gasteiger partial charge is 0.229 e. The van der Waals surface area contributed by atoms with Crippen molar-refractivity contribution >= 4 is 11.6 Å². The Hall–Kier alpha value is -2.20. The summed E-state index contributed by atoms with van der Waals surface area (Å²) in [6.07, 6.45) is 3.44. The molecule has 3 rings (SSSR count).